The van der Waals surface area contributed by atoms with Gasteiger partial charge in [0.2, 0.25) is 0 Å². The quantitative estimate of drug-likeness (QED) is 0.902. The second-order valence-corrected chi connectivity index (χ2v) is 6.22. The Morgan fingerprint density at radius 1 is 1.35 bits per heavy atom. The molecule has 2 aliphatic rings. The molecule has 1 amide bonds. The van der Waals surface area contributed by atoms with Crippen molar-refractivity contribution in [2.24, 2.45) is 13.0 Å². The molecule has 1 aromatic rings. The third-order valence-corrected chi connectivity index (χ3v) is 4.42. The first kappa shape index (κ1) is 13.6. The summed E-state index contributed by atoms with van der Waals surface area (Å²) in [4.78, 5) is 14.4. The highest BCUT2D eigenvalue weighted by Crippen LogP contribution is 2.28. The van der Waals surface area contributed by atoms with Crippen molar-refractivity contribution < 1.29 is 4.79 Å². The molecule has 3 rings (SSSR count). The van der Waals surface area contributed by atoms with Crippen LogP contribution in [0.3, 0.4) is 0 Å². The van der Waals surface area contributed by atoms with Crippen molar-refractivity contribution in [3.8, 4) is 0 Å². The number of nitrogens with one attached hydrogen (secondary N) is 1. The third kappa shape index (κ3) is 3.03. The molecule has 0 unspecified atom stereocenters. The number of aromatic nitrogens is 2. The van der Waals surface area contributed by atoms with Crippen LogP contribution >= 0.6 is 0 Å². The van der Waals surface area contributed by atoms with Gasteiger partial charge >= 0.3 is 0 Å². The Balaban J connectivity index is 1.51. The third-order valence-electron chi connectivity index (χ3n) is 4.42. The number of nitrogens with zero attached hydrogens (tertiary/aromatic N) is 3. The lowest BCUT2D eigenvalue weighted by molar-refractivity contribution is 0.0704. The smallest absolute Gasteiger partial charge is 0.257 e. The first-order valence-corrected chi connectivity index (χ1v) is 7.66. The van der Waals surface area contributed by atoms with E-state index in [1.165, 1.54) is 19.4 Å². The van der Waals surface area contributed by atoms with Gasteiger partial charge < -0.3 is 10.2 Å². The van der Waals surface area contributed by atoms with Crippen molar-refractivity contribution in [1.82, 2.24) is 20.0 Å². The molecule has 20 heavy (non-hydrogen) atoms. The molecule has 1 aliphatic carbocycles. The summed E-state index contributed by atoms with van der Waals surface area (Å²) in [6.45, 7) is 4.78. The van der Waals surface area contributed by atoms with E-state index in [4.69, 9.17) is 0 Å². The van der Waals surface area contributed by atoms with Crippen LogP contribution in [-0.4, -0.2) is 46.3 Å². The molecule has 5 nitrogen and oxygen atoms in total. The van der Waals surface area contributed by atoms with E-state index < -0.39 is 0 Å². The molecule has 1 aromatic heterocycles. The number of rotatable bonds is 4. The molecule has 2 fully saturated rings. The van der Waals surface area contributed by atoms with Gasteiger partial charge in [0.05, 0.1) is 11.3 Å². The van der Waals surface area contributed by atoms with Crippen molar-refractivity contribution in [1.29, 1.82) is 0 Å². The van der Waals surface area contributed by atoms with Crippen LogP contribution in [0.2, 0.25) is 0 Å². The lowest BCUT2D eigenvalue weighted by Gasteiger charge is -2.32. The zero-order valence-electron chi connectivity index (χ0n) is 12.4. The Morgan fingerprint density at radius 2 is 2.05 bits per heavy atom. The Morgan fingerprint density at radius 3 is 2.60 bits per heavy atom. The molecule has 110 valence electrons. The van der Waals surface area contributed by atoms with Crippen LogP contribution in [0.1, 0.15) is 41.7 Å². The molecule has 2 heterocycles. The number of carbonyl (C=O) groups excluding carboxylic acids is 1. The van der Waals surface area contributed by atoms with Gasteiger partial charge in [0.15, 0.2) is 0 Å². The monoisotopic (exact) mass is 276 g/mol. The van der Waals surface area contributed by atoms with E-state index in [1.54, 1.807) is 4.68 Å². The molecule has 0 aromatic carbocycles. The van der Waals surface area contributed by atoms with Crippen LogP contribution < -0.4 is 5.32 Å². The van der Waals surface area contributed by atoms with E-state index in [0.29, 0.717) is 6.04 Å². The van der Waals surface area contributed by atoms with Crippen LogP contribution in [0.25, 0.3) is 0 Å². The minimum atomic E-state index is 0.135. The maximum Gasteiger partial charge on any atom is 0.257 e. The second kappa shape index (κ2) is 5.56. The normalized spacial score (nSPS) is 20.4. The summed E-state index contributed by atoms with van der Waals surface area (Å²) in [7, 11) is 1.86. The molecule has 0 spiro atoms. The highest BCUT2D eigenvalue weighted by molar-refractivity contribution is 5.95. The summed E-state index contributed by atoms with van der Waals surface area (Å²) < 4.78 is 1.71. The lowest BCUT2D eigenvalue weighted by Crippen LogP contribution is -2.45. The van der Waals surface area contributed by atoms with E-state index >= 15 is 0 Å². The fraction of sp³-hybridized carbons (Fsp3) is 0.733. The predicted octanol–water partition coefficient (Wildman–Crippen LogP) is 1.33. The highest BCUT2D eigenvalue weighted by Gasteiger charge is 2.27. The number of amides is 1. The number of hydrogen-bond acceptors (Lipinski definition) is 3. The van der Waals surface area contributed by atoms with E-state index in [0.717, 1.165) is 43.1 Å². The minimum absolute atomic E-state index is 0.135. The summed E-state index contributed by atoms with van der Waals surface area (Å²) in [5, 5.41) is 7.90. The first-order valence-electron chi connectivity index (χ1n) is 7.66. The molecular weight excluding hydrogens is 252 g/mol. The molecule has 1 N–H and O–H groups in total. The van der Waals surface area contributed by atoms with Crippen molar-refractivity contribution in [2.75, 3.05) is 19.6 Å². The fourth-order valence-electron chi connectivity index (χ4n) is 2.92. The lowest BCUT2D eigenvalue weighted by atomic mass is 10.0. The Kier molecular flexibility index (Phi) is 3.78. The van der Waals surface area contributed by atoms with E-state index in [2.05, 4.69) is 10.4 Å². The molecule has 0 radical (unpaired) electrons. The summed E-state index contributed by atoms with van der Waals surface area (Å²) in [5.74, 6) is 1.06. The summed E-state index contributed by atoms with van der Waals surface area (Å²) in [5.41, 5.74) is 1.57. The van der Waals surface area contributed by atoms with Gasteiger partial charge in [-0.25, -0.2) is 0 Å². The van der Waals surface area contributed by atoms with Crippen LogP contribution in [0.5, 0.6) is 0 Å². The number of hydrogen-bond donors (Lipinski definition) is 1. The van der Waals surface area contributed by atoms with Gasteiger partial charge in [-0.3, -0.25) is 9.48 Å². The van der Waals surface area contributed by atoms with Crippen LogP contribution in [0, 0.1) is 12.8 Å². The van der Waals surface area contributed by atoms with Crippen LogP contribution in [0.15, 0.2) is 6.20 Å². The standard InChI is InChI=1S/C15H24N4O/c1-11-14(10-18(2)17-11)15(20)19-7-5-13(6-8-19)16-9-12-3-4-12/h10,12-13,16H,3-9H2,1-2H3. The number of likely N-dealkylation sites (tertiary alicyclic amines) is 1. The number of aryl methyl sites for hydroxylation is 2. The van der Waals surface area contributed by atoms with Crippen molar-refractivity contribution in [2.45, 2.75) is 38.6 Å². The van der Waals surface area contributed by atoms with Crippen molar-refractivity contribution >= 4 is 5.91 Å². The average molecular weight is 276 g/mol. The van der Waals surface area contributed by atoms with Crippen LogP contribution in [-0.2, 0) is 7.05 Å². The Bertz CT molecular complexity index is 484. The minimum Gasteiger partial charge on any atom is -0.338 e. The van der Waals surface area contributed by atoms with Crippen LogP contribution in [0.4, 0.5) is 0 Å². The maximum atomic E-state index is 12.5. The zero-order valence-corrected chi connectivity index (χ0v) is 12.4. The number of carbonyl (C=O) groups is 1. The van der Waals surface area contributed by atoms with Gasteiger partial charge in [0.25, 0.3) is 5.91 Å². The van der Waals surface area contributed by atoms with Crippen molar-refractivity contribution in [3.63, 3.8) is 0 Å². The Hall–Kier alpha value is -1.36. The van der Waals surface area contributed by atoms with Crippen molar-refractivity contribution in [3.05, 3.63) is 17.5 Å². The maximum absolute atomic E-state index is 12.5. The molecule has 0 atom stereocenters. The van der Waals surface area contributed by atoms with Gasteiger partial charge in [0.1, 0.15) is 0 Å². The van der Waals surface area contributed by atoms with E-state index in [-0.39, 0.29) is 5.91 Å². The van der Waals surface area contributed by atoms with Gasteiger partial charge in [-0.1, -0.05) is 0 Å². The fourth-order valence-corrected chi connectivity index (χ4v) is 2.92. The molecule has 1 saturated heterocycles. The molecular formula is C15H24N4O. The summed E-state index contributed by atoms with van der Waals surface area (Å²) in [6, 6.07) is 0.592. The zero-order chi connectivity index (χ0) is 14.1. The molecule has 5 heteroatoms. The molecule has 0 bridgehead atoms. The molecule has 1 aliphatic heterocycles. The van der Waals surface area contributed by atoms with Gasteiger partial charge in [0, 0.05) is 32.4 Å². The number of piperidine rings is 1. The topological polar surface area (TPSA) is 50.2 Å². The first-order chi connectivity index (χ1) is 9.63. The average Bonchev–Trinajstić information content (AvgIpc) is 3.21. The Labute approximate surface area is 120 Å². The second-order valence-electron chi connectivity index (χ2n) is 6.22. The largest absolute Gasteiger partial charge is 0.338 e. The van der Waals surface area contributed by atoms with Gasteiger partial charge in [-0.15, -0.1) is 0 Å². The molecule has 1 saturated carbocycles. The van der Waals surface area contributed by atoms with E-state index in [1.807, 2.05) is 25.1 Å². The predicted molar refractivity (Wildman–Crippen MR) is 77.6 cm³/mol. The van der Waals surface area contributed by atoms with E-state index in [9.17, 15) is 4.79 Å². The summed E-state index contributed by atoms with van der Waals surface area (Å²) in [6.07, 6.45) is 6.75. The van der Waals surface area contributed by atoms with Gasteiger partial charge in [-0.2, -0.15) is 5.10 Å². The SMILES string of the molecule is Cc1nn(C)cc1C(=O)N1CCC(NCC2CC2)CC1. The highest BCUT2D eigenvalue weighted by atomic mass is 16.2. The van der Waals surface area contributed by atoms with Gasteiger partial charge in [-0.05, 0) is 45.1 Å². The summed E-state index contributed by atoms with van der Waals surface area (Å²) >= 11 is 0.